The van der Waals surface area contributed by atoms with Crippen LogP contribution in [0.2, 0.25) is 0 Å². The first-order chi connectivity index (χ1) is 9.02. The van der Waals surface area contributed by atoms with Crippen LogP contribution in [0.1, 0.15) is 45.4 Å². The van der Waals surface area contributed by atoms with E-state index in [0.29, 0.717) is 18.1 Å². The van der Waals surface area contributed by atoms with Gasteiger partial charge in [0.15, 0.2) is 5.78 Å². The largest absolute Gasteiger partial charge is 0.392 e. The van der Waals surface area contributed by atoms with Gasteiger partial charge in [-0.25, -0.2) is 0 Å². The Labute approximate surface area is 119 Å². The Morgan fingerprint density at radius 3 is 2.42 bits per heavy atom. The number of Topliss-reactive ketones (excluding diaryl/α,β-unsaturated/α-hetero) is 2. The van der Waals surface area contributed by atoms with Gasteiger partial charge in [0.25, 0.3) is 0 Å². The molecule has 0 saturated heterocycles. The second-order valence-electron chi connectivity index (χ2n) is 6.10. The third kappa shape index (κ3) is 3.40. The van der Waals surface area contributed by atoms with E-state index in [1.807, 2.05) is 6.26 Å². The zero-order valence-electron chi connectivity index (χ0n) is 11.8. The quantitative estimate of drug-likeness (QED) is 0.861. The number of carbonyl (C=O) groups excluding carboxylic acids is 2. The molecule has 0 aromatic rings. The molecule has 2 fully saturated rings. The lowest BCUT2D eigenvalue weighted by atomic mass is 9.76. The number of carbonyl (C=O) groups is 2. The number of aliphatic hydroxyl groups excluding tert-OH is 1. The zero-order chi connectivity index (χ0) is 14.0. The Bertz CT molecular complexity index is 347. The maximum absolute atomic E-state index is 12.2. The van der Waals surface area contributed by atoms with Crippen LogP contribution in [0.5, 0.6) is 0 Å². The van der Waals surface area contributed by atoms with Crippen molar-refractivity contribution in [1.82, 2.24) is 0 Å². The molecular weight excluding hydrogens is 260 g/mol. The molecule has 2 saturated carbocycles. The Balaban J connectivity index is 1.86. The summed E-state index contributed by atoms with van der Waals surface area (Å²) in [5.41, 5.74) is 0. The first-order valence-electron chi connectivity index (χ1n) is 7.28. The number of aliphatic hydroxyl groups is 1. The lowest BCUT2D eigenvalue weighted by Gasteiger charge is -2.29. The molecule has 0 heterocycles. The van der Waals surface area contributed by atoms with Crippen LogP contribution in [0.25, 0.3) is 0 Å². The zero-order valence-corrected chi connectivity index (χ0v) is 12.6. The minimum absolute atomic E-state index is 0.00596. The van der Waals surface area contributed by atoms with E-state index in [-0.39, 0.29) is 22.9 Å². The van der Waals surface area contributed by atoms with Gasteiger partial charge < -0.3 is 5.11 Å². The van der Waals surface area contributed by atoms with Gasteiger partial charge >= 0.3 is 0 Å². The number of hydrogen-bond acceptors (Lipinski definition) is 4. The highest BCUT2D eigenvalue weighted by atomic mass is 32.2. The Morgan fingerprint density at radius 1 is 1.32 bits per heavy atom. The van der Waals surface area contributed by atoms with Crippen LogP contribution in [0, 0.1) is 17.8 Å². The maximum atomic E-state index is 12.2. The molecule has 2 aliphatic rings. The van der Waals surface area contributed by atoms with E-state index in [9.17, 15) is 14.7 Å². The number of thioether (sulfide) groups is 1. The summed E-state index contributed by atoms with van der Waals surface area (Å²) >= 11 is 1.56. The molecule has 19 heavy (non-hydrogen) atoms. The van der Waals surface area contributed by atoms with Crippen LogP contribution in [-0.4, -0.2) is 34.3 Å². The van der Waals surface area contributed by atoms with Gasteiger partial charge in [-0.1, -0.05) is 0 Å². The van der Waals surface area contributed by atoms with Crippen molar-refractivity contribution in [1.29, 1.82) is 0 Å². The van der Waals surface area contributed by atoms with Crippen molar-refractivity contribution in [2.75, 3.05) is 6.26 Å². The van der Waals surface area contributed by atoms with Crippen molar-refractivity contribution >= 4 is 23.3 Å². The summed E-state index contributed by atoms with van der Waals surface area (Å²) in [7, 11) is 0. The van der Waals surface area contributed by atoms with E-state index < -0.39 is 6.10 Å². The number of ketones is 2. The summed E-state index contributed by atoms with van der Waals surface area (Å²) in [6.45, 7) is 1.68. The van der Waals surface area contributed by atoms with Crippen molar-refractivity contribution in [3.05, 3.63) is 0 Å². The van der Waals surface area contributed by atoms with Gasteiger partial charge in [0, 0.05) is 11.8 Å². The molecule has 0 bridgehead atoms. The van der Waals surface area contributed by atoms with Crippen molar-refractivity contribution in [3.63, 3.8) is 0 Å². The van der Waals surface area contributed by atoms with E-state index in [0.717, 1.165) is 32.1 Å². The molecule has 0 aliphatic heterocycles. The van der Waals surface area contributed by atoms with E-state index in [2.05, 4.69) is 0 Å². The smallest absolute Gasteiger partial charge is 0.151 e. The second kappa shape index (κ2) is 6.40. The average Bonchev–Trinajstić information content (AvgIpc) is 2.67. The molecule has 0 radical (unpaired) electrons. The minimum atomic E-state index is -0.449. The van der Waals surface area contributed by atoms with Gasteiger partial charge in [0.1, 0.15) is 5.78 Å². The molecule has 2 rings (SSSR count). The molecule has 0 aromatic carbocycles. The van der Waals surface area contributed by atoms with Gasteiger partial charge in [0.05, 0.1) is 11.4 Å². The third-order valence-corrected chi connectivity index (χ3v) is 5.89. The predicted molar refractivity (Wildman–Crippen MR) is 77.2 cm³/mol. The highest BCUT2D eigenvalue weighted by Gasteiger charge is 2.42. The van der Waals surface area contributed by atoms with Gasteiger partial charge in [-0.3, -0.25) is 9.59 Å². The van der Waals surface area contributed by atoms with Crippen LogP contribution in [-0.2, 0) is 9.59 Å². The molecule has 4 heteroatoms. The lowest BCUT2D eigenvalue weighted by Crippen LogP contribution is -2.27. The fourth-order valence-corrected chi connectivity index (χ4v) is 4.37. The summed E-state index contributed by atoms with van der Waals surface area (Å²) in [5, 5.41) is 10.0. The Kier molecular flexibility index (Phi) is 5.07. The molecule has 3 atom stereocenters. The summed E-state index contributed by atoms with van der Waals surface area (Å²) in [6.07, 6.45) is 6.92. The van der Waals surface area contributed by atoms with Crippen molar-refractivity contribution in [2.45, 2.75) is 56.8 Å². The Morgan fingerprint density at radius 2 is 1.95 bits per heavy atom. The molecule has 3 unspecified atom stereocenters. The highest BCUT2D eigenvalue weighted by Crippen LogP contribution is 2.39. The third-order valence-electron chi connectivity index (χ3n) is 4.90. The Hall–Kier alpha value is -0.350. The predicted octanol–water partition coefficient (Wildman–Crippen LogP) is 2.45. The van der Waals surface area contributed by atoms with Gasteiger partial charge in [0.2, 0.25) is 0 Å². The molecule has 3 nitrogen and oxygen atoms in total. The van der Waals surface area contributed by atoms with Gasteiger partial charge in [-0.05, 0) is 57.6 Å². The maximum Gasteiger partial charge on any atom is 0.151 e. The van der Waals surface area contributed by atoms with Crippen molar-refractivity contribution in [2.24, 2.45) is 17.8 Å². The molecule has 2 aliphatic carbocycles. The van der Waals surface area contributed by atoms with E-state index in [1.165, 1.54) is 0 Å². The van der Waals surface area contributed by atoms with Gasteiger partial charge in [-0.2, -0.15) is 11.8 Å². The number of hydrogen-bond donors (Lipinski definition) is 1. The van der Waals surface area contributed by atoms with Crippen LogP contribution < -0.4 is 0 Å². The minimum Gasteiger partial charge on any atom is -0.392 e. The van der Waals surface area contributed by atoms with Crippen molar-refractivity contribution in [3.8, 4) is 0 Å². The van der Waals surface area contributed by atoms with Crippen molar-refractivity contribution < 1.29 is 14.7 Å². The highest BCUT2D eigenvalue weighted by molar-refractivity contribution is 7.99. The normalized spacial score (nSPS) is 39.5. The lowest BCUT2D eigenvalue weighted by molar-refractivity contribution is -0.124. The number of rotatable bonds is 4. The summed E-state index contributed by atoms with van der Waals surface area (Å²) in [4.78, 5) is 23.5. The molecule has 0 amide bonds. The standard InChI is InChI=1S/C15H24O3S/c1-9(16)11-5-3-10(4-6-11)7-12-13(17)8-14(19-2)15(12)18/h10-14,17H,3-8H2,1-2H3. The van der Waals surface area contributed by atoms with E-state index in [1.54, 1.807) is 18.7 Å². The monoisotopic (exact) mass is 284 g/mol. The van der Waals surface area contributed by atoms with Crippen LogP contribution in [0.3, 0.4) is 0 Å². The molecule has 1 N–H and O–H groups in total. The first kappa shape index (κ1) is 15.0. The first-order valence-corrected chi connectivity index (χ1v) is 8.56. The van der Waals surface area contributed by atoms with Crippen LogP contribution in [0.15, 0.2) is 0 Å². The fraction of sp³-hybridized carbons (Fsp3) is 0.867. The SMILES string of the molecule is CSC1CC(O)C(CC2CCC(C(C)=O)CC2)C1=O. The summed E-state index contributed by atoms with van der Waals surface area (Å²) in [5.74, 6) is 1.14. The second-order valence-corrected chi connectivity index (χ2v) is 7.14. The average molecular weight is 284 g/mol. The molecule has 108 valence electrons. The van der Waals surface area contributed by atoms with E-state index >= 15 is 0 Å². The topological polar surface area (TPSA) is 54.4 Å². The van der Waals surface area contributed by atoms with Crippen LogP contribution in [0.4, 0.5) is 0 Å². The summed E-state index contributed by atoms with van der Waals surface area (Å²) < 4.78 is 0. The van der Waals surface area contributed by atoms with Gasteiger partial charge in [-0.15, -0.1) is 0 Å². The fourth-order valence-electron chi connectivity index (χ4n) is 3.58. The molecule has 0 spiro atoms. The molecule has 0 aromatic heterocycles. The van der Waals surface area contributed by atoms with E-state index in [4.69, 9.17) is 0 Å². The van der Waals surface area contributed by atoms with Crippen LogP contribution >= 0.6 is 11.8 Å². The molecular formula is C15H24O3S. The summed E-state index contributed by atoms with van der Waals surface area (Å²) in [6, 6.07) is 0.